The van der Waals surface area contributed by atoms with Gasteiger partial charge in [-0.2, -0.15) is 0 Å². The number of carbonyl (C=O) groups excluding carboxylic acids is 1. The second-order valence-electron chi connectivity index (χ2n) is 4.65. The predicted molar refractivity (Wildman–Crippen MR) is 73.9 cm³/mol. The van der Waals surface area contributed by atoms with Gasteiger partial charge in [0.05, 0.1) is 0 Å². The topological polar surface area (TPSA) is 58.4 Å². The van der Waals surface area contributed by atoms with Gasteiger partial charge in [0.25, 0.3) is 0 Å². The number of piperazine rings is 1. The second-order valence-corrected chi connectivity index (χ2v) is 5.06. The average Bonchev–Trinajstić information content (AvgIpc) is 2.32. The molecule has 1 aliphatic heterocycles. The van der Waals surface area contributed by atoms with Crippen LogP contribution in [0, 0.1) is 0 Å². The zero-order valence-electron chi connectivity index (χ0n) is 10.6. The number of benzene rings is 1. The Morgan fingerprint density at radius 3 is 2.89 bits per heavy atom. The first-order valence-electron chi connectivity index (χ1n) is 6.10. The molecule has 2 unspecified atom stereocenters. The molecule has 4 nitrogen and oxygen atoms in total. The Kier molecular flexibility index (Phi) is 3.78. The molecule has 3 N–H and O–H groups in total. The lowest BCUT2D eigenvalue weighted by Crippen LogP contribution is -2.54. The van der Waals surface area contributed by atoms with Gasteiger partial charge in [-0.3, -0.25) is 4.79 Å². The largest absolute Gasteiger partial charge is 0.358 e. The van der Waals surface area contributed by atoms with Gasteiger partial charge in [-0.05, 0) is 31.5 Å². The van der Waals surface area contributed by atoms with Gasteiger partial charge in [0.2, 0.25) is 5.91 Å². The number of nitrogens with two attached hydrogens (primary N) is 1. The molecule has 0 saturated carbocycles. The molecule has 1 fully saturated rings. The zero-order chi connectivity index (χ0) is 13.3. The number of nitrogens with one attached hydrogen (secondary N) is 1. The summed E-state index contributed by atoms with van der Waals surface area (Å²) < 4.78 is 0. The molecule has 1 heterocycles. The van der Waals surface area contributed by atoms with Crippen LogP contribution in [0.1, 0.15) is 25.5 Å². The van der Waals surface area contributed by atoms with Gasteiger partial charge in [0.1, 0.15) is 6.04 Å². The van der Waals surface area contributed by atoms with Crippen molar-refractivity contribution in [2.24, 2.45) is 5.73 Å². The lowest BCUT2D eigenvalue weighted by atomic mass is 10.1. The molecule has 0 aromatic heterocycles. The van der Waals surface area contributed by atoms with Crippen molar-refractivity contribution in [3.05, 3.63) is 28.8 Å². The van der Waals surface area contributed by atoms with E-state index in [0.717, 1.165) is 17.8 Å². The molecule has 0 aliphatic carbocycles. The lowest BCUT2D eigenvalue weighted by Gasteiger charge is -2.35. The Balaban J connectivity index is 2.28. The Morgan fingerprint density at radius 1 is 1.56 bits per heavy atom. The smallest absolute Gasteiger partial charge is 0.242 e. The summed E-state index contributed by atoms with van der Waals surface area (Å²) in [7, 11) is 0. The fourth-order valence-corrected chi connectivity index (χ4v) is 2.55. The SMILES string of the molecule is CC(N)c1ccc(N2CCNC(=O)C2C)cc1Cl. The predicted octanol–water partition coefficient (Wildman–Crippen LogP) is 1.68. The van der Waals surface area contributed by atoms with Crippen LogP contribution >= 0.6 is 11.6 Å². The van der Waals surface area contributed by atoms with E-state index < -0.39 is 0 Å². The Labute approximate surface area is 112 Å². The number of hydrogen-bond acceptors (Lipinski definition) is 3. The molecule has 0 spiro atoms. The molecule has 0 bridgehead atoms. The van der Waals surface area contributed by atoms with Crippen LogP contribution in [0.4, 0.5) is 5.69 Å². The second kappa shape index (κ2) is 5.16. The van der Waals surface area contributed by atoms with Crippen molar-refractivity contribution in [1.29, 1.82) is 0 Å². The minimum atomic E-state index is -0.170. The van der Waals surface area contributed by atoms with Crippen LogP contribution in [-0.2, 0) is 4.79 Å². The summed E-state index contributed by atoms with van der Waals surface area (Å²) in [6.45, 7) is 5.25. The maximum atomic E-state index is 11.6. The van der Waals surface area contributed by atoms with E-state index in [4.69, 9.17) is 17.3 Å². The van der Waals surface area contributed by atoms with Gasteiger partial charge in [-0.25, -0.2) is 0 Å². The van der Waals surface area contributed by atoms with Crippen molar-refractivity contribution in [3.63, 3.8) is 0 Å². The summed E-state index contributed by atoms with van der Waals surface area (Å²) in [4.78, 5) is 13.7. The van der Waals surface area contributed by atoms with E-state index in [1.54, 1.807) is 0 Å². The van der Waals surface area contributed by atoms with Gasteiger partial charge in [0.15, 0.2) is 0 Å². The molecule has 5 heteroatoms. The number of rotatable bonds is 2. The van der Waals surface area contributed by atoms with E-state index in [-0.39, 0.29) is 18.0 Å². The third kappa shape index (κ3) is 2.44. The highest BCUT2D eigenvalue weighted by Crippen LogP contribution is 2.28. The van der Waals surface area contributed by atoms with E-state index in [9.17, 15) is 4.79 Å². The minimum absolute atomic E-state index is 0.0497. The number of halogens is 1. The lowest BCUT2D eigenvalue weighted by molar-refractivity contribution is -0.122. The summed E-state index contributed by atoms with van der Waals surface area (Å²) >= 11 is 6.22. The third-order valence-corrected chi connectivity index (χ3v) is 3.63. The van der Waals surface area contributed by atoms with Crippen LogP contribution in [0.15, 0.2) is 18.2 Å². The van der Waals surface area contributed by atoms with Crippen molar-refractivity contribution in [2.45, 2.75) is 25.9 Å². The van der Waals surface area contributed by atoms with Gasteiger partial charge in [-0.1, -0.05) is 17.7 Å². The first-order chi connectivity index (χ1) is 8.50. The summed E-state index contributed by atoms with van der Waals surface area (Å²) in [6.07, 6.45) is 0. The quantitative estimate of drug-likeness (QED) is 0.857. The monoisotopic (exact) mass is 267 g/mol. The molecule has 1 aliphatic rings. The Hall–Kier alpha value is -1.26. The molecule has 1 amide bonds. The summed E-state index contributed by atoms with van der Waals surface area (Å²) in [6, 6.07) is 5.53. The maximum Gasteiger partial charge on any atom is 0.242 e. The normalized spacial score (nSPS) is 21.7. The van der Waals surface area contributed by atoms with Crippen LogP contribution in [0.25, 0.3) is 0 Å². The van der Waals surface area contributed by atoms with Crippen molar-refractivity contribution in [3.8, 4) is 0 Å². The summed E-state index contributed by atoms with van der Waals surface area (Å²) in [5, 5.41) is 3.50. The van der Waals surface area contributed by atoms with Gasteiger partial charge >= 0.3 is 0 Å². The number of anilines is 1. The summed E-state index contributed by atoms with van der Waals surface area (Å²) in [5.74, 6) is 0.0497. The van der Waals surface area contributed by atoms with Crippen molar-refractivity contribution >= 4 is 23.2 Å². The zero-order valence-corrected chi connectivity index (χ0v) is 11.4. The van der Waals surface area contributed by atoms with Crippen LogP contribution in [0.5, 0.6) is 0 Å². The molecule has 18 heavy (non-hydrogen) atoms. The third-order valence-electron chi connectivity index (χ3n) is 3.31. The fraction of sp³-hybridized carbons (Fsp3) is 0.462. The average molecular weight is 268 g/mol. The first-order valence-corrected chi connectivity index (χ1v) is 6.48. The van der Waals surface area contributed by atoms with E-state index in [2.05, 4.69) is 10.2 Å². The van der Waals surface area contributed by atoms with Crippen LogP contribution in [0.2, 0.25) is 5.02 Å². The van der Waals surface area contributed by atoms with Crippen LogP contribution < -0.4 is 16.0 Å². The van der Waals surface area contributed by atoms with Crippen molar-refractivity contribution < 1.29 is 4.79 Å². The minimum Gasteiger partial charge on any atom is -0.358 e. The molecular formula is C13H18ClN3O. The number of nitrogens with zero attached hydrogens (tertiary/aromatic N) is 1. The van der Waals surface area contributed by atoms with E-state index in [0.29, 0.717) is 11.6 Å². The molecular weight excluding hydrogens is 250 g/mol. The van der Waals surface area contributed by atoms with Crippen molar-refractivity contribution in [1.82, 2.24) is 5.32 Å². The molecule has 1 aromatic carbocycles. The van der Waals surface area contributed by atoms with Gasteiger partial charge in [-0.15, -0.1) is 0 Å². The van der Waals surface area contributed by atoms with E-state index in [1.165, 1.54) is 0 Å². The fourth-order valence-electron chi connectivity index (χ4n) is 2.20. The standard InChI is InChI=1S/C13H18ClN3O/c1-8(15)11-4-3-10(7-12(11)14)17-6-5-16-13(18)9(17)2/h3-4,7-9H,5-6,15H2,1-2H3,(H,16,18). The molecule has 1 aromatic rings. The molecule has 0 radical (unpaired) electrons. The molecule has 98 valence electrons. The van der Waals surface area contributed by atoms with Crippen LogP contribution in [0.3, 0.4) is 0 Å². The molecule has 1 saturated heterocycles. The van der Waals surface area contributed by atoms with E-state index >= 15 is 0 Å². The highest BCUT2D eigenvalue weighted by atomic mass is 35.5. The molecule has 2 rings (SSSR count). The Bertz CT molecular complexity index is 462. The number of hydrogen-bond donors (Lipinski definition) is 2. The van der Waals surface area contributed by atoms with Crippen LogP contribution in [-0.4, -0.2) is 25.0 Å². The Morgan fingerprint density at radius 2 is 2.28 bits per heavy atom. The van der Waals surface area contributed by atoms with E-state index in [1.807, 2.05) is 32.0 Å². The highest BCUT2D eigenvalue weighted by molar-refractivity contribution is 6.31. The number of amides is 1. The van der Waals surface area contributed by atoms with Gasteiger partial charge in [0, 0.05) is 29.8 Å². The number of carbonyl (C=O) groups is 1. The highest BCUT2D eigenvalue weighted by Gasteiger charge is 2.25. The maximum absolute atomic E-state index is 11.6. The van der Waals surface area contributed by atoms with Crippen molar-refractivity contribution in [2.75, 3.05) is 18.0 Å². The van der Waals surface area contributed by atoms with Gasteiger partial charge < -0.3 is 16.0 Å². The summed E-state index contributed by atoms with van der Waals surface area (Å²) in [5.41, 5.74) is 7.72. The molecule has 2 atom stereocenters. The first kappa shape index (κ1) is 13.2.